The van der Waals surface area contributed by atoms with Gasteiger partial charge in [0.15, 0.2) is 0 Å². The summed E-state index contributed by atoms with van der Waals surface area (Å²) in [5.74, 6) is -2.11. The lowest BCUT2D eigenvalue weighted by Crippen LogP contribution is -2.31. The quantitative estimate of drug-likeness (QED) is 0.605. The Morgan fingerprint density at radius 1 is 1.31 bits per heavy atom. The zero-order valence-electron chi connectivity index (χ0n) is 7.97. The van der Waals surface area contributed by atoms with E-state index < -0.39 is 17.5 Å². The molecule has 0 aliphatic carbocycles. The van der Waals surface area contributed by atoms with Gasteiger partial charge < -0.3 is 4.90 Å². The van der Waals surface area contributed by atoms with Crippen molar-refractivity contribution in [2.24, 2.45) is 0 Å². The van der Waals surface area contributed by atoms with Gasteiger partial charge in [-0.15, -0.1) is 11.6 Å². The van der Waals surface area contributed by atoms with Crippen LogP contribution in [0.1, 0.15) is 10.4 Å². The second kappa shape index (κ2) is 4.03. The van der Waals surface area contributed by atoms with Crippen LogP contribution in [0.5, 0.6) is 0 Å². The number of ketones is 1. The van der Waals surface area contributed by atoms with Crippen LogP contribution in [-0.2, 0) is 4.79 Å². The molecule has 1 aliphatic heterocycles. The molecule has 0 aromatic heterocycles. The minimum Gasteiger partial charge on any atom is -0.301 e. The second-order valence-corrected chi connectivity index (χ2v) is 4.01. The summed E-state index contributed by atoms with van der Waals surface area (Å²) >= 11 is 11.3. The third-order valence-corrected chi connectivity index (χ3v) is 2.81. The van der Waals surface area contributed by atoms with Gasteiger partial charge in [-0.25, -0.2) is 4.39 Å². The standard InChI is InChI=1S/C10H6Cl2FNO2/c11-3-4-14-8-6(13)2-1-5(12)7(8)9(15)10(14)16/h1-2H,3-4H2. The molecule has 0 atom stereocenters. The maximum absolute atomic E-state index is 13.5. The van der Waals surface area contributed by atoms with Crippen LogP contribution < -0.4 is 4.90 Å². The first-order valence-corrected chi connectivity index (χ1v) is 5.39. The Morgan fingerprint density at radius 2 is 2.00 bits per heavy atom. The number of fused-ring (bicyclic) bond motifs is 1. The fourth-order valence-corrected chi connectivity index (χ4v) is 2.06. The molecule has 3 nitrogen and oxygen atoms in total. The molecule has 0 unspecified atom stereocenters. The third kappa shape index (κ3) is 1.49. The Kier molecular flexibility index (Phi) is 2.86. The molecule has 2 rings (SSSR count). The van der Waals surface area contributed by atoms with Crippen molar-refractivity contribution in [1.29, 1.82) is 0 Å². The maximum atomic E-state index is 13.5. The van der Waals surface area contributed by atoms with Crippen molar-refractivity contribution in [3.63, 3.8) is 0 Å². The van der Waals surface area contributed by atoms with Gasteiger partial charge in [0, 0.05) is 12.4 Å². The number of Topliss-reactive ketones (excluding diaryl/α,β-unsaturated/α-hetero) is 1. The zero-order valence-corrected chi connectivity index (χ0v) is 9.48. The summed E-state index contributed by atoms with van der Waals surface area (Å²) in [5, 5.41) is 0.0758. The second-order valence-electron chi connectivity index (χ2n) is 3.23. The van der Waals surface area contributed by atoms with Crippen molar-refractivity contribution in [2.75, 3.05) is 17.3 Å². The van der Waals surface area contributed by atoms with Crippen molar-refractivity contribution >= 4 is 40.6 Å². The fourth-order valence-electron chi connectivity index (χ4n) is 1.65. The lowest BCUT2D eigenvalue weighted by Gasteiger charge is -2.15. The molecule has 0 bridgehead atoms. The molecular formula is C10H6Cl2FNO2. The van der Waals surface area contributed by atoms with E-state index in [-0.39, 0.29) is 28.7 Å². The van der Waals surface area contributed by atoms with Crippen molar-refractivity contribution < 1.29 is 14.0 Å². The largest absolute Gasteiger partial charge is 0.301 e. The van der Waals surface area contributed by atoms with E-state index in [1.54, 1.807) is 0 Å². The molecule has 1 aromatic carbocycles. The summed E-state index contributed by atoms with van der Waals surface area (Å²) in [4.78, 5) is 24.1. The van der Waals surface area contributed by atoms with Crippen molar-refractivity contribution in [1.82, 2.24) is 0 Å². The molecule has 1 aliphatic rings. The Morgan fingerprint density at radius 3 is 2.62 bits per heavy atom. The molecule has 0 N–H and O–H groups in total. The number of hydrogen-bond acceptors (Lipinski definition) is 2. The fraction of sp³-hybridized carbons (Fsp3) is 0.200. The van der Waals surface area contributed by atoms with Gasteiger partial charge in [-0.05, 0) is 12.1 Å². The number of nitrogens with zero attached hydrogens (tertiary/aromatic N) is 1. The van der Waals surface area contributed by atoms with Gasteiger partial charge in [0.2, 0.25) is 0 Å². The molecule has 84 valence electrons. The topological polar surface area (TPSA) is 37.4 Å². The molecule has 6 heteroatoms. The van der Waals surface area contributed by atoms with Crippen LogP contribution in [0.2, 0.25) is 5.02 Å². The van der Waals surface area contributed by atoms with Crippen molar-refractivity contribution in [2.45, 2.75) is 0 Å². The summed E-state index contributed by atoms with van der Waals surface area (Å²) in [7, 11) is 0. The molecule has 16 heavy (non-hydrogen) atoms. The average Bonchev–Trinajstić information content (AvgIpc) is 2.50. The van der Waals surface area contributed by atoms with Gasteiger partial charge in [0.05, 0.1) is 16.3 Å². The molecule has 1 heterocycles. The van der Waals surface area contributed by atoms with Gasteiger partial charge in [0.1, 0.15) is 5.82 Å². The number of carbonyl (C=O) groups excluding carboxylic acids is 2. The minimum absolute atomic E-state index is 0.0665. The Hall–Kier alpha value is -1.13. The van der Waals surface area contributed by atoms with Gasteiger partial charge in [0.25, 0.3) is 11.7 Å². The highest BCUT2D eigenvalue weighted by Gasteiger charge is 2.39. The predicted molar refractivity (Wildman–Crippen MR) is 58.8 cm³/mol. The number of anilines is 1. The molecule has 1 aromatic rings. The molecule has 0 radical (unpaired) electrons. The Labute approximate surface area is 101 Å². The van der Waals surface area contributed by atoms with E-state index >= 15 is 0 Å². The average molecular weight is 262 g/mol. The van der Waals surface area contributed by atoms with E-state index in [0.29, 0.717) is 0 Å². The number of halogens is 3. The predicted octanol–water partition coefficient (Wildman–Crippen LogP) is 2.25. The number of benzene rings is 1. The van der Waals surface area contributed by atoms with E-state index in [1.165, 1.54) is 6.07 Å². The van der Waals surface area contributed by atoms with Crippen LogP contribution in [0.15, 0.2) is 12.1 Å². The first kappa shape index (κ1) is 11.4. The highest BCUT2D eigenvalue weighted by molar-refractivity contribution is 6.55. The molecule has 0 saturated carbocycles. The summed E-state index contributed by atoms with van der Waals surface area (Å²) in [5.41, 5.74) is -0.139. The molecule has 0 fully saturated rings. The Balaban J connectivity index is 2.64. The number of carbonyl (C=O) groups is 2. The van der Waals surface area contributed by atoms with Crippen LogP contribution in [0, 0.1) is 5.82 Å². The molecule has 1 amide bonds. The van der Waals surface area contributed by atoms with Gasteiger partial charge in [-0.2, -0.15) is 0 Å². The molecular weight excluding hydrogens is 256 g/mol. The van der Waals surface area contributed by atoms with Crippen LogP contribution in [0.25, 0.3) is 0 Å². The first-order valence-electron chi connectivity index (χ1n) is 4.48. The van der Waals surface area contributed by atoms with Crippen molar-refractivity contribution in [3.8, 4) is 0 Å². The number of hydrogen-bond donors (Lipinski definition) is 0. The van der Waals surface area contributed by atoms with Crippen LogP contribution >= 0.6 is 23.2 Å². The molecule has 0 saturated heterocycles. The van der Waals surface area contributed by atoms with Gasteiger partial charge >= 0.3 is 0 Å². The van der Waals surface area contributed by atoms with Crippen LogP contribution in [0.3, 0.4) is 0 Å². The zero-order chi connectivity index (χ0) is 11.9. The SMILES string of the molecule is O=C1C(=O)N(CCCl)c2c(F)ccc(Cl)c21. The monoisotopic (exact) mass is 261 g/mol. The highest BCUT2D eigenvalue weighted by atomic mass is 35.5. The summed E-state index contributed by atoms with van der Waals surface area (Å²) < 4.78 is 13.5. The van der Waals surface area contributed by atoms with Gasteiger partial charge in [-0.1, -0.05) is 11.6 Å². The summed E-state index contributed by atoms with van der Waals surface area (Å²) in [6, 6.07) is 2.37. The lowest BCUT2D eigenvalue weighted by molar-refractivity contribution is -0.114. The number of rotatable bonds is 2. The van der Waals surface area contributed by atoms with Crippen LogP contribution in [0.4, 0.5) is 10.1 Å². The maximum Gasteiger partial charge on any atom is 0.299 e. The van der Waals surface area contributed by atoms with E-state index in [0.717, 1.165) is 11.0 Å². The minimum atomic E-state index is -0.789. The lowest BCUT2D eigenvalue weighted by atomic mass is 10.1. The highest BCUT2D eigenvalue weighted by Crippen LogP contribution is 2.36. The van der Waals surface area contributed by atoms with Crippen molar-refractivity contribution in [3.05, 3.63) is 28.5 Å². The summed E-state index contributed by atoms with van der Waals surface area (Å²) in [6.07, 6.45) is 0. The van der Waals surface area contributed by atoms with E-state index in [2.05, 4.69) is 0 Å². The normalized spacial score (nSPS) is 14.6. The molecule has 0 spiro atoms. The van der Waals surface area contributed by atoms with Gasteiger partial charge in [-0.3, -0.25) is 9.59 Å². The third-order valence-electron chi connectivity index (χ3n) is 2.32. The number of alkyl halides is 1. The first-order chi connectivity index (χ1) is 7.57. The van der Waals surface area contributed by atoms with Crippen LogP contribution in [-0.4, -0.2) is 24.1 Å². The smallest absolute Gasteiger partial charge is 0.299 e. The van der Waals surface area contributed by atoms with E-state index in [1.807, 2.05) is 0 Å². The Bertz CT molecular complexity index is 490. The van der Waals surface area contributed by atoms with E-state index in [9.17, 15) is 14.0 Å². The summed E-state index contributed by atoms with van der Waals surface area (Å²) in [6.45, 7) is 0.0798. The number of amides is 1. The van der Waals surface area contributed by atoms with E-state index in [4.69, 9.17) is 23.2 Å².